The summed E-state index contributed by atoms with van der Waals surface area (Å²) in [6.45, 7) is 0. The van der Waals surface area contributed by atoms with Crippen molar-refractivity contribution in [3.05, 3.63) is 35.9 Å². The van der Waals surface area contributed by atoms with E-state index < -0.39 is 0 Å². The van der Waals surface area contributed by atoms with E-state index in [0.29, 0.717) is 10.6 Å². The molecule has 0 unspecified atom stereocenters. The van der Waals surface area contributed by atoms with Gasteiger partial charge in [-0.1, -0.05) is 29.5 Å². The molecule has 0 fully saturated rings. The van der Waals surface area contributed by atoms with E-state index in [0.717, 1.165) is 26.7 Å². The molecular weight excluding hydrogens is 304 g/mol. The molecule has 0 aliphatic carbocycles. The second-order valence-electron chi connectivity index (χ2n) is 4.54. The van der Waals surface area contributed by atoms with Crippen molar-refractivity contribution in [1.82, 2.24) is 15.2 Å². The number of aromatic nitrogens is 3. The minimum Gasteiger partial charge on any atom is -0.353 e. The van der Waals surface area contributed by atoms with Gasteiger partial charge in [-0.25, -0.2) is 4.98 Å². The molecule has 0 saturated carbocycles. The van der Waals surface area contributed by atoms with Crippen molar-refractivity contribution in [3.8, 4) is 0 Å². The number of carbonyl (C=O) groups is 1. The van der Waals surface area contributed by atoms with E-state index in [4.69, 9.17) is 0 Å². The summed E-state index contributed by atoms with van der Waals surface area (Å²) in [6, 6.07) is 9.59. The molecule has 0 radical (unpaired) electrons. The largest absolute Gasteiger partial charge is 0.353 e. The normalized spacial score (nSPS) is 10.8. The van der Waals surface area contributed by atoms with Crippen LogP contribution in [-0.2, 0) is 0 Å². The minimum atomic E-state index is 0.570. The fraction of sp³-hybridized carbons (Fsp3) is 0.143. The predicted octanol–water partition coefficient (Wildman–Crippen LogP) is 3.12. The molecule has 0 N–H and O–H groups in total. The summed E-state index contributed by atoms with van der Waals surface area (Å²) in [7, 11) is 3.83. The molecule has 0 aliphatic rings. The second kappa shape index (κ2) is 5.79. The molecule has 0 atom stereocenters. The molecule has 0 amide bonds. The van der Waals surface area contributed by atoms with E-state index in [2.05, 4.69) is 15.2 Å². The predicted molar refractivity (Wildman–Crippen MR) is 85.5 cm³/mol. The number of nitrogens with zero attached hydrogens (tertiary/aromatic N) is 4. The van der Waals surface area contributed by atoms with Crippen LogP contribution >= 0.6 is 23.1 Å². The smallest absolute Gasteiger partial charge is 0.208 e. The summed E-state index contributed by atoms with van der Waals surface area (Å²) < 4.78 is 0.768. The molecule has 2 heterocycles. The van der Waals surface area contributed by atoms with Gasteiger partial charge in [0.2, 0.25) is 5.13 Å². The third-order valence-electron chi connectivity index (χ3n) is 2.81. The van der Waals surface area contributed by atoms with E-state index in [-0.39, 0.29) is 0 Å². The van der Waals surface area contributed by atoms with Gasteiger partial charge >= 0.3 is 0 Å². The van der Waals surface area contributed by atoms with Gasteiger partial charge in [-0.2, -0.15) is 0 Å². The van der Waals surface area contributed by atoms with Crippen LogP contribution in [0.4, 0.5) is 5.13 Å². The first kappa shape index (κ1) is 14.0. The number of benzene rings is 1. The Labute approximate surface area is 130 Å². The minimum absolute atomic E-state index is 0.570. The quantitative estimate of drug-likeness (QED) is 0.689. The molecule has 106 valence electrons. The number of aldehydes is 1. The Bertz CT molecular complexity index is 801. The maximum atomic E-state index is 11.3. The van der Waals surface area contributed by atoms with Crippen LogP contribution < -0.4 is 4.90 Å². The van der Waals surface area contributed by atoms with Gasteiger partial charge in [0.15, 0.2) is 10.6 Å². The van der Waals surface area contributed by atoms with E-state index >= 15 is 0 Å². The molecule has 3 aromatic rings. The summed E-state index contributed by atoms with van der Waals surface area (Å²) in [5, 5.41) is 10.6. The molecule has 3 rings (SSSR count). The zero-order valence-electron chi connectivity index (χ0n) is 11.5. The lowest BCUT2D eigenvalue weighted by Gasteiger charge is -2.05. The number of hydrogen-bond donors (Lipinski definition) is 0. The van der Waals surface area contributed by atoms with Crippen LogP contribution in [0.2, 0.25) is 0 Å². The number of carbonyl (C=O) groups excluding carboxylic acids is 1. The summed E-state index contributed by atoms with van der Waals surface area (Å²) in [6.07, 6.45) is 0.829. The Morgan fingerprint density at radius 2 is 2.05 bits per heavy atom. The van der Waals surface area contributed by atoms with E-state index in [1.54, 1.807) is 0 Å². The van der Waals surface area contributed by atoms with Gasteiger partial charge in [0.25, 0.3) is 0 Å². The van der Waals surface area contributed by atoms with E-state index in [1.807, 2.05) is 49.3 Å². The second-order valence-corrected chi connectivity index (χ2v) is 6.73. The summed E-state index contributed by atoms with van der Waals surface area (Å²) in [5.41, 5.74) is 1.43. The number of hydrogen-bond acceptors (Lipinski definition) is 7. The molecule has 1 aromatic carbocycles. The highest BCUT2D eigenvalue weighted by molar-refractivity contribution is 8.01. The van der Waals surface area contributed by atoms with Gasteiger partial charge < -0.3 is 4.90 Å². The van der Waals surface area contributed by atoms with Gasteiger partial charge in [0.1, 0.15) is 5.03 Å². The Kier molecular flexibility index (Phi) is 3.85. The Hall–Kier alpha value is -1.99. The maximum Gasteiger partial charge on any atom is 0.208 e. The molecule has 2 aromatic heterocycles. The van der Waals surface area contributed by atoms with Gasteiger partial charge in [0.05, 0.1) is 5.52 Å². The number of fused-ring (bicyclic) bond motifs is 1. The van der Waals surface area contributed by atoms with Crippen LogP contribution in [0.1, 0.15) is 10.4 Å². The van der Waals surface area contributed by atoms with Crippen molar-refractivity contribution < 1.29 is 4.79 Å². The van der Waals surface area contributed by atoms with Crippen molar-refractivity contribution in [2.75, 3.05) is 19.0 Å². The average Bonchev–Trinajstić information content (AvgIpc) is 2.95. The summed E-state index contributed by atoms with van der Waals surface area (Å²) >= 11 is 2.84. The van der Waals surface area contributed by atoms with Gasteiger partial charge in [0, 0.05) is 25.0 Å². The molecule has 0 bridgehead atoms. The Morgan fingerprint density at radius 1 is 1.24 bits per heavy atom. The van der Waals surface area contributed by atoms with Crippen LogP contribution in [0.15, 0.2) is 39.7 Å². The van der Waals surface area contributed by atoms with Gasteiger partial charge in [-0.05, 0) is 23.9 Å². The lowest BCUT2D eigenvalue weighted by Crippen LogP contribution is -2.07. The highest BCUT2D eigenvalue weighted by Crippen LogP contribution is 2.34. The zero-order chi connectivity index (χ0) is 14.8. The third kappa shape index (κ3) is 2.88. The number of anilines is 1. The van der Waals surface area contributed by atoms with Gasteiger partial charge in [-0.15, -0.1) is 10.2 Å². The molecular formula is C14H12N4OS2. The van der Waals surface area contributed by atoms with Crippen molar-refractivity contribution in [2.45, 2.75) is 9.37 Å². The fourth-order valence-electron chi connectivity index (χ4n) is 1.79. The first-order chi connectivity index (χ1) is 10.2. The highest BCUT2D eigenvalue weighted by Gasteiger charge is 2.12. The van der Waals surface area contributed by atoms with Crippen molar-refractivity contribution in [1.29, 1.82) is 0 Å². The van der Waals surface area contributed by atoms with Gasteiger partial charge in [-0.3, -0.25) is 4.79 Å². The summed E-state index contributed by atoms with van der Waals surface area (Å²) in [5.74, 6) is 0. The third-order valence-corrected chi connectivity index (χ3v) is 4.97. The molecule has 21 heavy (non-hydrogen) atoms. The molecule has 0 saturated heterocycles. The average molecular weight is 316 g/mol. The lowest BCUT2D eigenvalue weighted by molar-refractivity contribution is 0.112. The van der Waals surface area contributed by atoms with Crippen LogP contribution in [0, 0.1) is 0 Å². The first-order valence-electron chi connectivity index (χ1n) is 6.21. The number of rotatable bonds is 4. The van der Waals surface area contributed by atoms with Crippen LogP contribution in [-0.4, -0.2) is 35.6 Å². The zero-order valence-corrected chi connectivity index (χ0v) is 13.1. The monoisotopic (exact) mass is 316 g/mol. The molecule has 7 heteroatoms. The van der Waals surface area contributed by atoms with E-state index in [9.17, 15) is 4.79 Å². The SMILES string of the molecule is CN(C)c1nnc(Sc2nc3ccccc3cc2C=O)s1. The van der Waals surface area contributed by atoms with Crippen molar-refractivity contribution in [3.63, 3.8) is 0 Å². The van der Waals surface area contributed by atoms with Crippen molar-refractivity contribution in [2.24, 2.45) is 0 Å². The fourth-order valence-corrected chi connectivity index (χ4v) is 3.53. The molecule has 5 nitrogen and oxygen atoms in total. The number of pyridine rings is 1. The molecule has 0 spiro atoms. The maximum absolute atomic E-state index is 11.3. The molecule has 0 aliphatic heterocycles. The van der Waals surface area contributed by atoms with Crippen LogP contribution in [0.3, 0.4) is 0 Å². The summed E-state index contributed by atoms with van der Waals surface area (Å²) in [4.78, 5) is 17.7. The number of para-hydroxylation sites is 1. The van der Waals surface area contributed by atoms with Crippen molar-refractivity contribution >= 4 is 45.4 Å². The van der Waals surface area contributed by atoms with E-state index in [1.165, 1.54) is 23.1 Å². The van der Waals surface area contributed by atoms with Crippen LogP contribution in [0.5, 0.6) is 0 Å². The highest BCUT2D eigenvalue weighted by atomic mass is 32.2. The Morgan fingerprint density at radius 3 is 2.76 bits per heavy atom. The first-order valence-corrected chi connectivity index (χ1v) is 7.84. The topological polar surface area (TPSA) is 59.0 Å². The lowest BCUT2D eigenvalue weighted by atomic mass is 10.2. The Balaban J connectivity index is 2.00. The standard InChI is InChI=1S/C14H12N4OS2/c1-18(2)13-16-17-14(21-13)20-12-10(8-19)7-9-5-3-4-6-11(9)15-12/h3-8H,1-2H3. The van der Waals surface area contributed by atoms with Crippen LogP contribution in [0.25, 0.3) is 10.9 Å².